The van der Waals surface area contributed by atoms with Gasteiger partial charge in [-0.05, 0) is 99.0 Å². The molecule has 3 aromatic carbocycles. The summed E-state index contributed by atoms with van der Waals surface area (Å²) in [5, 5.41) is 0.947. The minimum atomic E-state index is -4.20. The molecule has 0 saturated heterocycles. The SMILES string of the molecule is COc1cc(C)c(S(=O)(=O)N(Cc2ccc3[nH]ccc3c2)[C@@H](CC(=O)NOCc2ccccc2)OC(C)(C)C)c(C)c1C. The predicted octanol–water partition coefficient (Wildman–Crippen LogP) is 6.07. The number of ether oxygens (including phenoxy) is 2. The Balaban J connectivity index is 1.74. The lowest BCUT2D eigenvalue weighted by Crippen LogP contribution is -2.47. The molecule has 43 heavy (non-hydrogen) atoms. The van der Waals surface area contributed by atoms with Crippen LogP contribution < -0.4 is 10.2 Å². The quantitative estimate of drug-likeness (QED) is 0.149. The van der Waals surface area contributed by atoms with Crippen molar-refractivity contribution in [2.75, 3.05) is 7.11 Å². The van der Waals surface area contributed by atoms with Gasteiger partial charge in [0.25, 0.3) is 0 Å². The van der Waals surface area contributed by atoms with E-state index in [9.17, 15) is 13.2 Å². The Kier molecular flexibility index (Phi) is 9.96. The van der Waals surface area contributed by atoms with Crippen LogP contribution >= 0.6 is 0 Å². The predicted molar refractivity (Wildman–Crippen MR) is 167 cm³/mol. The molecule has 0 saturated carbocycles. The molecule has 0 unspecified atom stereocenters. The molecule has 9 nitrogen and oxygen atoms in total. The largest absolute Gasteiger partial charge is 0.496 e. The van der Waals surface area contributed by atoms with Gasteiger partial charge >= 0.3 is 0 Å². The number of aryl methyl sites for hydroxylation is 1. The molecule has 0 fully saturated rings. The minimum Gasteiger partial charge on any atom is -0.496 e. The first-order chi connectivity index (χ1) is 20.3. The van der Waals surface area contributed by atoms with Crippen molar-refractivity contribution in [2.24, 2.45) is 0 Å². The molecule has 0 bridgehead atoms. The second-order valence-corrected chi connectivity index (χ2v) is 13.4. The van der Waals surface area contributed by atoms with Crippen molar-refractivity contribution in [3.05, 3.63) is 94.7 Å². The number of fused-ring (bicyclic) bond motifs is 1. The molecule has 0 spiro atoms. The number of H-pyrrole nitrogens is 1. The first-order valence-corrected chi connectivity index (χ1v) is 15.6. The number of rotatable bonds is 12. The smallest absolute Gasteiger partial charge is 0.247 e. The third kappa shape index (κ3) is 7.83. The van der Waals surface area contributed by atoms with E-state index < -0.39 is 27.8 Å². The van der Waals surface area contributed by atoms with Crippen molar-refractivity contribution >= 4 is 26.8 Å². The van der Waals surface area contributed by atoms with E-state index in [0.29, 0.717) is 16.9 Å². The number of nitrogens with one attached hydrogen (secondary N) is 2. The Morgan fingerprint density at radius 3 is 2.37 bits per heavy atom. The Bertz CT molecular complexity index is 1680. The fourth-order valence-corrected chi connectivity index (χ4v) is 7.04. The van der Waals surface area contributed by atoms with Gasteiger partial charge in [0.05, 0.1) is 30.6 Å². The molecule has 0 aliphatic heterocycles. The summed E-state index contributed by atoms with van der Waals surface area (Å²) in [6.07, 6.45) is 0.403. The first kappa shape index (κ1) is 32.2. The summed E-state index contributed by atoms with van der Waals surface area (Å²) in [5.74, 6) is 0.0988. The van der Waals surface area contributed by atoms with Crippen molar-refractivity contribution in [1.82, 2.24) is 14.8 Å². The van der Waals surface area contributed by atoms with Crippen LogP contribution in [-0.4, -0.2) is 42.6 Å². The summed E-state index contributed by atoms with van der Waals surface area (Å²) in [4.78, 5) is 22.0. The van der Waals surface area contributed by atoms with E-state index in [0.717, 1.165) is 27.6 Å². The number of hydrogen-bond acceptors (Lipinski definition) is 6. The van der Waals surface area contributed by atoms with Crippen molar-refractivity contribution < 1.29 is 27.5 Å². The topological polar surface area (TPSA) is 110 Å². The number of carbonyl (C=O) groups excluding carboxylic acids is 1. The average molecular weight is 608 g/mol. The fraction of sp³-hybridized carbons (Fsp3) is 0.364. The minimum absolute atomic E-state index is 0.0215. The molecule has 2 N–H and O–H groups in total. The van der Waals surface area contributed by atoms with Crippen LogP contribution in [0.5, 0.6) is 5.75 Å². The van der Waals surface area contributed by atoms with Crippen LogP contribution in [0.4, 0.5) is 0 Å². The van der Waals surface area contributed by atoms with Crippen LogP contribution in [0, 0.1) is 20.8 Å². The van der Waals surface area contributed by atoms with E-state index in [4.69, 9.17) is 14.3 Å². The van der Waals surface area contributed by atoms with Gasteiger partial charge in [0.1, 0.15) is 12.0 Å². The van der Waals surface area contributed by atoms with Crippen molar-refractivity contribution in [3.63, 3.8) is 0 Å². The lowest BCUT2D eigenvalue weighted by atomic mass is 10.1. The number of carbonyl (C=O) groups is 1. The number of sulfonamides is 1. The number of benzene rings is 3. The summed E-state index contributed by atoms with van der Waals surface area (Å²) in [7, 11) is -2.64. The molecule has 1 heterocycles. The molecule has 10 heteroatoms. The molecule has 1 atom stereocenters. The maximum atomic E-state index is 14.7. The molecule has 1 amide bonds. The molecule has 230 valence electrons. The van der Waals surface area contributed by atoms with E-state index in [2.05, 4.69) is 10.5 Å². The Hall–Kier alpha value is -3.70. The van der Waals surface area contributed by atoms with Crippen LogP contribution in [0.25, 0.3) is 10.9 Å². The molecule has 0 radical (unpaired) electrons. The Labute approximate surface area is 254 Å². The molecule has 4 aromatic rings. The summed E-state index contributed by atoms with van der Waals surface area (Å²) in [6, 6.07) is 18.8. The monoisotopic (exact) mass is 607 g/mol. The lowest BCUT2D eigenvalue weighted by molar-refractivity contribution is -0.148. The van der Waals surface area contributed by atoms with E-state index in [1.807, 2.05) is 88.5 Å². The second-order valence-electron chi connectivity index (χ2n) is 11.6. The van der Waals surface area contributed by atoms with Crippen molar-refractivity contribution in [2.45, 2.75) is 77.8 Å². The highest BCUT2D eigenvalue weighted by molar-refractivity contribution is 7.89. The molecular formula is C33H41N3O6S. The van der Waals surface area contributed by atoms with Gasteiger partial charge in [0, 0.05) is 18.3 Å². The van der Waals surface area contributed by atoms with E-state index in [1.165, 1.54) is 4.31 Å². The highest BCUT2D eigenvalue weighted by Crippen LogP contribution is 2.35. The van der Waals surface area contributed by atoms with E-state index in [-0.39, 0.29) is 24.5 Å². The van der Waals surface area contributed by atoms with Gasteiger partial charge in [0.2, 0.25) is 15.9 Å². The van der Waals surface area contributed by atoms with Gasteiger partial charge < -0.3 is 14.5 Å². The third-order valence-electron chi connectivity index (χ3n) is 7.16. The van der Waals surface area contributed by atoms with Crippen LogP contribution in [0.15, 0.2) is 71.8 Å². The number of hydrogen-bond donors (Lipinski definition) is 2. The zero-order valence-corrected chi connectivity index (χ0v) is 26.7. The van der Waals surface area contributed by atoms with Gasteiger partial charge in [-0.15, -0.1) is 0 Å². The highest BCUT2D eigenvalue weighted by atomic mass is 32.2. The number of hydroxylamine groups is 1. The van der Waals surface area contributed by atoms with Crippen LogP contribution in [0.3, 0.4) is 0 Å². The molecule has 1 aromatic heterocycles. The van der Waals surface area contributed by atoms with Gasteiger partial charge in [-0.1, -0.05) is 36.4 Å². The van der Waals surface area contributed by atoms with Gasteiger partial charge in [0.15, 0.2) is 0 Å². The summed E-state index contributed by atoms with van der Waals surface area (Å²) >= 11 is 0. The third-order valence-corrected chi connectivity index (χ3v) is 9.29. The summed E-state index contributed by atoms with van der Waals surface area (Å²) in [6.45, 7) is 11.0. The molecule has 4 rings (SSSR count). The maximum Gasteiger partial charge on any atom is 0.247 e. The summed E-state index contributed by atoms with van der Waals surface area (Å²) < 4.78 is 42.5. The first-order valence-electron chi connectivity index (χ1n) is 14.1. The van der Waals surface area contributed by atoms with Crippen molar-refractivity contribution in [1.29, 1.82) is 0 Å². The molecule has 0 aliphatic carbocycles. The van der Waals surface area contributed by atoms with Gasteiger partial charge in [-0.2, -0.15) is 4.31 Å². The van der Waals surface area contributed by atoms with Gasteiger partial charge in [-0.25, -0.2) is 13.9 Å². The number of nitrogens with zero attached hydrogens (tertiary/aromatic N) is 1. The van der Waals surface area contributed by atoms with Crippen LogP contribution in [0.2, 0.25) is 0 Å². The Morgan fingerprint density at radius 2 is 1.70 bits per heavy atom. The zero-order chi connectivity index (χ0) is 31.4. The average Bonchev–Trinajstić information content (AvgIpc) is 3.41. The second kappa shape index (κ2) is 13.3. The fourth-order valence-electron chi connectivity index (χ4n) is 5.05. The number of amides is 1. The standard InChI is InChI=1S/C33H41N3O6S/c1-22-17-29(40-7)23(2)24(3)32(22)43(38,39)36(20-26-13-14-28-27(18-26)15-16-34-28)31(42-33(4,5)6)19-30(37)35-41-21-25-11-9-8-10-12-25/h8-18,31,34H,19-21H2,1-7H3,(H,35,37)/t31-/m1/s1. The van der Waals surface area contributed by atoms with Gasteiger partial charge in [-0.3, -0.25) is 9.63 Å². The van der Waals surface area contributed by atoms with E-state index >= 15 is 0 Å². The summed E-state index contributed by atoms with van der Waals surface area (Å²) in [5.41, 5.74) is 6.10. The van der Waals surface area contributed by atoms with Crippen LogP contribution in [0.1, 0.15) is 55.0 Å². The highest BCUT2D eigenvalue weighted by Gasteiger charge is 2.38. The number of aromatic amines is 1. The van der Waals surface area contributed by atoms with E-state index in [1.54, 1.807) is 27.0 Å². The normalized spacial score (nSPS) is 12.9. The van der Waals surface area contributed by atoms with Crippen LogP contribution in [-0.2, 0) is 37.5 Å². The number of methoxy groups -OCH3 is 1. The Morgan fingerprint density at radius 1 is 0.977 bits per heavy atom. The molecule has 0 aliphatic rings. The maximum absolute atomic E-state index is 14.7. The number of aromatic nitrogens is 1. The lowest BCUT2D eigenvalue weighted by Gasteiger charge is -2.36. The zero-order valence-electron chi connectivity index (χ0n) is 25.9. The van der Waals surface area contributed by atoms with Crippen molar-refractivity contribution in [3.8, 4) is 5.75 Å². The molecular weight excluding hydrogens is 566 g/mol.